The Morgan fingerprint density at radius 1 is 1.03 bits per heavy atom. The van der Waals surface area contributed by atoms with Crippen molar-refractivity contribution in [2.24, 2.45) is 0 Å². The number of ether oxygens (including phenoxy) is 2. The van der Waals surface area contributed by atoms with Crippen LogP contribution in [-0.4, -0.2) is 23.1 Å². The lowest BCUT2D eigenvalue weighted by atomic mass is 10.2. The van der Waals surface area contributed by atoms with Crippen LogP contribution in [0.1, 0.15) is 15.9 Å². The summed E-state index contributed by atoms with van der Waals surface area (Å²) in [5.41, 5.74) is 1.31. The zero-order valence-electron chi connectivity index (χ0n) is 16.5. The molecule has 0 aliphatic heterocycles. The molecule has 3 aromatic carbocycles. The lowest BCUT2D eigenvalue weighted by Gasteiger charge is -2.11. The third-order valence-corrected chi connectivity index (χ3v) is 4.45. The standard InChI is InChI=1S/C22H19N3O5S/c1-29-18-11-12-19(20(13-18)25(27)28)23-22(31)24-21(26)16-7-9-17(10-8-16)30-14-15-5-3-2-4-6-15/h2-13H,14H2,1H3,(H2,23,24,26,31). The highest BCUT2D eigenvalue weighted by Gasteiger charge is 2.17. The molecule has 158 valence electrons. The minimum absolute atomic E-state index is 0.0670. The molecule has 0 unspecified atom stereocenters. The second kappa shape index (κ2) is 10.2. The van der Waals surface area contributed by atoms with E-state index < -0.39 is 10.8 Å². The summed E-state index contributed by atoms with van der Waals surface area (Å²) in [6, 6.07) is 20.6. The third kappa shape index (κ3) is 6.00. The molecule has 0 fully saturated rings. The highest BCUT2D eigenvalue weighted by molar-refractivity contribution is 7.80. The maximum atomic E-state index is 12.4. The summed E-state index contributed by atoms with van der Waals surface area (Å²) in [6.45, 7) is 0.418. The first-order chi connectivity index (χ1) is 15.0. The van der Waals surface area contributed by atoms with Crippen LogP contribution in [0, 0.1) is 10.1 Å². The molecule has 0 aliphatic carbocycles. The molecule has 0 saturated heterocycles. The predicted molar refractivity (Wildman–Crippen MR) is 121 cm³/mol. The summed E-state index contributed by atoms with van der Waals surface area (Å²) in [5, 5.41) is 16.4. The predicted octanol–water partition coefficient (Wildman–Crippen LogP) is 4.31. The molecule has 2 N–H and O–H groups in total. The molecule has 9 heteroatoms. The summed E-state index contributed by atoms with van der Waals surface area (Å²) in [6.07, 6.45) is 0. The fourth-order valence-corrected chi connectivity index (χ4v) is 2.87. The van der Waals surface area contributed by atoms with Gasteiger partial charge in [0.05, 0.1) is 18.1 Å². The Hall–Kier alpha value is -3.98. The summed E-state index contributed by atoms with van der Waals surface area (Å²) in [4.78, 5) is 23.1. The smallest absolute Gasteiger partial charge is 0.296 e. The van der Waals surface area contributed by atoms with Gasteiger partial charge in [0.15, 0.2) is 5.11 Å². The monoisotopic (exact) mass is 437 g/mol. The lowest BCUT2D eigenvalue weighted by Crippen LogP contribution is -2.34. The number of benzene rings is 3. The van der Waals surface area contributed by atoms with Gasteiger partial charge in [-0.2, -0.15) is 0 Å². The number of nitro groups is 1. The van der Waals surface area contributed by atoms with E-state index in [1.807, 2.05) is 30.3 Å². The quantitative estimate of drug-likeness (QED) is 0.323. The van der Waals surface area contributed by atoms with Crippen LogP contribution in [0.5, 0.6) is 11.5 Å². The van der Waals surface area contributed by atoms with Gasteiger partial charge in [-0.15, -0.1) is 0 Å². The van der Waals surface area contributed by atoms with Crippen LogP contribution in [0.4, 0.5) is 11.4 Å². The Bertz CT molecular complexity index is 1090. The second-order valence-corrected chi connectivity index (χ2v) is 6.76. The SMILES string of the molecule is COc1ccc(NC(=S)NC(=O)c2ccc(OCc3ccccc3)cc2)c([N+](=O)[O-])c1. The van der Waals surface area contributed by atoms with E-state index in [0.717, 1.165) is 5.56 Å². The fraction of sp³-hybridized carbons (Fsp3) is 0.0909. The first-order valence-corrected chi connectivity index (χ1v) is 9.58. The number of nitrogens with zero attached hydrogens (tertiary/aromatic N) is 1. The summed E-state index contributed by atoms with van der Waals surface area (Å²) < 4.78 is 10.7. The van der Waals surface area contributed by atoms with Crippen LogP contribution in [0.25, 0.3) is 0 Å². The number of anilines is 1. The maximum absolute atomic E-state index is 12.4. The van der Waals surface area contributed by atoms with E-state index in [4.69, 9.17) is 21.7 Å². The van der Waals surface area contributed by atoms with E-state index >= 15 is 0 Å². The Balaban J connectivity index is 1.58. The molecule has 0 radical (unpaired) electrons. The van der Waals surface area contributed by atoms with E-state index in [1.165, 1.54) is 19.2 Å². The number of hydrogen-bond donors (Lipinski definition) is 2. The van der Waals surface area contributed by atoms with Crippen molar-refractivity contribution in [2.45, 2.75) is 6.61 Å². The maximum Gasteiger partial charge on any atom is 0.296 e. The first-order valence-electron chi connectivity index (χ1n) is 9.18. The van der Waals surface area contributed by atoms with Crippen LogP contribution in [0.3, 0.4) is 0 Å². The van der Waals surface area contributed by atoms with E-state index in [1.54, 1.807) is 30.3 Å². The zero-order valence-corrected chi connectivity index (χ0v) is 17.3. The molecule has 3 rings (SSSR count). The van der Waals surface area contributed by atoms with Crippen LogP contribution in [0.15, 0.2) is 72.8 Å². The van der Waals surface area contributed by atoms with E-state index in [2.05, 4.69) is 10.6 Å². The largest absolute Gasteiger partial charge is 0.496 e. The molecule has 0 atom stereocenters. The molecule has 0 saturated carbocycles. The molecule has 0 aromatic heterocycles. The number of hydrogen-bond acceptors (Lipinski definition) is 6. The highest BCUT2D eigenvalue weighted by atomic mass is 32.1. The Morgan fingerprint density at radius 2 is 1.71 bits per heavy atom. The van der Waals surface area contributed by atoms with Crippen molar-refractivity contribution < 1.29 is 19.2 Å². The van der Waals surface area contributed by atoms with Gasteiger partial charge < -0.3 is 14.8 Å². The molecule has 31 heavy (non-hydrogen) atoms. The number of thiocarbonyl (C=S) groups is 1. The van der Waals surface area contributed by atoms with E-state index in [9.17, 15) is 14.9 Å². The fourth-order valence-electron chi connectivity index (χ4n) is 2.67. The van der Waals surface area contributed by atoms with Crippen molar-refractivity contribution in [3.05, 3.63) is 94.0 Å². The zero-order chi connectivity index (χ0) is 22.2. The highest BCUT2D eigenvalue weighted by Crippen LogP contribution is 2.28. The van der Waals surface area contributed by atoms with Crippen LogP contribution in [-0.2, 0) is 6.61 Å². The van der Waals surface area contributed by atoms with Gasteiger partial charge in [0.25, 0.3) is 11.6 Å². The van der Waals surface area contributed by atoms with E-state index in [-0.39, 0.29) is 16.5 Å². The molecule has 0 aliphatic rings. The normalized spacial score (nSPS) is 10.1. The number of carbonyl (C=O) groups is 1. The summed E-state index contributed by atoms with van der Waals surface area (Å²) in [7, 11) is 1.41. The van der Waals surface area contributed by atoms with Crippen molar-refractivity contribution in [3.63, 3.8) is 0 Å². The number of rotatable bonds is 7. The van der Waals surface area contributed by atoms with Gasteiger partial charge in [-0.25, -0.2) is 0 Å². The Kier molecular flexibility index (Phi) is 7.13. The average molecular weight is 437 g/mol. The molecule has 1 amide bonds. The van der Waals surface area contributed by atoms with Gasteiger partial charge >= 0.3 is 0 Å². The van der Waals surface area contributed by atoms with Gasteiger partial charge in [0, 0.05) is 5.56 Å². The number of nitrogens with one attached hydrogen (secondary N) is 2. The van der Waals surface area contributed by atoms with Crippen molar-refractivity contribution >= 4 is 34.6 Å². The third-order valence-electron chi connectivity index (χ3n) is 4.24. The molecule has 8 nitrogen and oxygen atoms in total. The number of amides is 1. The van der Waals surface area contributed by atoms with E-state index in [0.29, 0.717) is 23.7 Å². The summed E-state index contributed by atoms with van der Waals surface area (Å²) in [5.74, 6) is 0.500. The first kappa shape index (κ1) is 21.7. The van der Waals surface area contributed by atoms with Crippen molar-refractivity contribution in [1.29, 1.82) is 0 Å². The average Bonchev–Trinajstić information content (AvgIpc) is 2.78. The van der Waals surface area contributed by atoms with Crippen molar-refractivity contribution in [2.75, 3.05) is 12.4 Å². The minimum atomic E-state index is -0.566. The van der Waals surface area contributed by atoms with Crippen LogP contribution in [0.2, 0.25) is 0 Å². The summed E-state index contributed by atoms with van der Waals surface area (Å²) >= 11 is 5.12. The number of nitro benzene ring substituents is 1. The van der Waals surface area contributed by atoms with Crippen LogP contribution < -0.4 is 20.1 Å². The Morgan fingerprint density at radius 3 is 2.35 bits per heavy atom. The molecular weight excluding hydrogens is 418 g/mol. The second-order valence-electron chi connectivity index (χ2n) is 6.35. The number of carbonyl (C=O) groups excluding carboxylic acids is 1. The molecule has 0 spiro atoms. The number of methoxy groups -OCH3 is 1. The topological polar surface area (TPSA) is 103 Å². The molecule has 0 bridgehead atoms. The minimum Gasteiger partial charge on any atom is -0.496 e. The molecular formula is C22H19N3O5S. The van der Waals surface area contributed by atoms with Crippen LogP contribution >= 0.6 is 12.2 Å². The molecule has 0 heterocycles. The molecule has 3 aromatic rings. The van der Waals surface area contributed by atoms with Gasteiger partial charge in [-0.1, -0.05) is 30.3 Å². The van der Waals surface area contributed by atoms with Gasteiger partial charge in [-0.3, -0.25) is 20.2 Å². The van der Waals surface area contributed by atoms with Crippen molar-refractivity contribution in [3.8, 4) is 11.5 Å². The Labute approximate surface area is 184 Å². The van der Waals surface area contributed by atoms with Gasteiger partial charge in [0.2, 0.25) is 0 Å². The van der Waals surface area contributed by atoms with Gasteiger partial charge in [-0.05, 0) is 54.2 Å². The van der Waals surface area contributed by atoms with Crippen molar-refractivity contribution in [1.82, 2.24) is 5.32 Å². The lowest BCUT2D eigenvalue weighted by molar-refractivity contribution is -0.384. The van der Waals surface area contributed by atoms with Gasteiger partial charge in [0.1, 0.15) is 23.8 Å².